The fourth-order valence-electron chi connectivity index (χ4n) is 1.61. The van der Waals surface area contributed by atoms with Gasteiger partial charge in [0.05, 0.1) is 6.54 Å². The lowest BCUT2D eigenvalue weighted by molar-refractivity contribution is -0.126. The topological polar surface area (TPSA) is 111 Å². The minimum Gasteiger partial charge on any atom is -0.444 e. The van der Waals surface area contributed by atoms with Crippen molar-refractivity contribution in [3.05, 3.63) is 0 Å². The van der Waals surface area contributed by atoms with Crippen LogP contribution in [-0.2, 0) is 14.3 Å². The number of nitrogens with two attached hydrogens (primary N) is 1. The van der Waals surface area contributed by atoms with Crippen molar-refractivity contribution < 1.29 is 19.1 Å². The Bertz CT molecular complexity index is 364. The maximum Gasteiger partial charge on any atom is 0.408 e. The first kappa shape index (κ1) is 19.2. The van der Waals surface area contributed by atoms with Crippen molar-refractivity contribution >= 4 is 17.9 Å². The van der Waals surface area contributed by atoms with E-state index in [1.807, 2.05) is 6.92 Å². The average molecular weight is 301 g/mol. The monoisotopic (exact) mass is 301 g/mol. The van der Waals surface area contributed by atoms with E-state index in [0.717, 1.165) is 19.3 Å². The van der Waals surface area contributed by atoms with Crippen LogP contribution in [-0.4, -0.2) is 36.1 Å². The number of amides is 3. The van der Waals surface area contributed by atoms with Gasteiger partial charge in [-0.2, -0.15) is 0 Å². The van der Waals surface area contributed by atoms with E-state index in [4.69, 9.17) is 10.5 Å². The maximum atomic E-state index is 12.0. The van der Waals surface area contributed by atoms with Gasteiger partial charge in [-0.1, -0.05) is 26.2 Å². The Hall–Kier alpha value is -1.79. The van der Waals surface area contributed by atoms with E-state index in [9.17, 15) is 14.4 Å². The predicted octanol–water partition coefficient (Wildman–Crippen LogP) is 1.06. The van der Waals surface area contributed by atoms with E-state index in [1.165, 1.54) is 0 Å². The summed E-state index contributed by atoms with van der Waals surface area (Å²) in [4.78, 5) is 34.4. The minimum atomic E-state index is -0.731. The van der Waals surface area contributed by atoms with Gasteiger partial charge in [-0.25, -0.2) is 4.79 Å². The Morgan fingerprint density at radius 1 is 1.19 bits per heavy atom. The van der Waals surface area contributed by atoms with Crippen molar-refractivity contribution in [2.75, 3.05) is 6.54 Å². The van der Waals surface area contributed by atoms with Crippen LogP contribution in [0.1, 0.15) is 53.4 Å². The molecule has 0 saturated carbocycles. The number of nitrogens with one attached hydrogen (secondary N) is 2. The van der Waals surface area contributed by atoms with Crippen LogP contribution in [0.5, 0.6) is 0 Å². The molecule has 3 amide bonds. The van der Waals surface area contributed by atoms with Crippen LogP contribution in [0, 0.1) is 0 Å². The zero-order valence-electron chi connectivity index (χ0n) is 13.3. The van der Waals surface area contributed by atoms with E-state index in [2.05, 4.69) is 10.6 Å². The molecule has 0 aromatic heterocycles. The summed E-state index contributed by atoms with van der Waals surface area (Å²) >= 11 is 0. The van der Waals surface area contributed by atoms with Crippen molar-refractivity contribution in [1.82, 2.24) is 10.6 Å². The second kappa shape index (κ2) is 9.20. The van der Waals surface area contributed by atoms with Gasteiger partial charge in [0.25, 0.3) is 0 Å². The lowest BCUT2D eigenvalue weighted by Crippen LogP contribution is -2.49. The molecule has 0 aromatic carbocycles. The summed E-state index contributed by atoms with van der Waals surface area (Å²) in [6.07, 6.45) is 2.58. The molecule has 0 fully saturated rings. The van der Waals surface area contributed by atoms with Crippen LogP contribution >= 0.6 is 0 Å². The quantitative estimate of drug-likeness (QED) is 0.582. The van der Waals surface area contributed by atoms with Gasteiger partial charge in [0.15, 0.2) is 0 Å². The molecule has 21 heavy (non-hydrogen) atoms. The molecular weight excluding hydrogens is 274 g/mol. The number of carbonyl (C=O) groups is 3. The van der Waals surface area contributed by atoms with E-state index in [-0.39, 0.29) is 6.54 Å². The summed E-state index contributed by atoms with van der Waals surface area (Å²) in [6.45, 7) is 7.02. The first-order chi connectivity index (χ1) is 9.65. The number of rotatable bonds is 8. The van der Waals surface area contributed by atoms with Gasteiger partial charge in [-0.3, -0.25) is 9.59 Å². The molecule has 0 unspecified atom stereocenters. The van der Waals surface area contributed by atoms with Gasteiger partial charge in [-0.15, -0.1) is 0 Å². The Labute approximate surface area is 126 Å². The summed E-state index contributed by atoms with van der Waals surface area (Å²) in [6, 6.07) is -0.731. The molecule has 0 aromatic rings. The van der Waals surface area contributed by atoms with Crippen LogP contribution in [0.2, 0.25) is 0 Å². The molecule has 0 rings (SSSR count). The average Bonchev–Trinajstić information content (AvgIpc) is 2.32. The fraction of sp³-hybridized carbons (Fsp3) is 0.786. The highest BCUT2D eigenvalue weighted by Gasteiger charge is 2.24. The molecule has 7 nitrogen and oxygen atoms in total. The molecule has 0 saturated heterocycles. The van der Waals surface area contributed by atoms with Gasteiger partial charge in [0.1, 0.15) is 11.6 Å². The molecule has 0 aliphatic carbocycles. The smallest absolute Gasteiger partial charge is 0.408 e. The van der Waals surface area contributed by atoms with Gasteiger partial charge < -0.3 is 21.1 Å². The number of carbonyl (C=O) groups excluding carboxylic acids is 3. The molecule has 0 aliphatic heterocycles. The van der Waals surface area contributed by atoms with Crippen LogP contribution in [0.4, 0.5) is 4.79 Å². The molecule has 0 spiro atoms. The maximum absolute atomic E-state index is 12.0. The molecule has 4 N–H and O–H groups in total. The second-order valence-electron chi connectivity index (χ2n) is 5.88. The van der Waals surface area contributed by atoms with Crippen molar-refractivity contribution in [3.8, 4) is 0 Å². The van der Waals surface area contributed by atoms with Crippen LogP contribution in [0.15, 0.2) is 0 Å². The third-order valence-electron chi connectivity index (χ3n) is 2.54. The van der Waals surface area contributed by atoms with Crippen LogP contribution < -0.4 is 16.4 Å². The number of primary amides is 1. The molecule has 122 valence electrons. The number of hydrogen-bond acceptors (Lipinski definition) is 4. The minimum absolute atomic E-state index is 0.251. The van der Waals surface area contributed by atoms with Gasteiger partial charge >= 0.3 is 6.09 Å². The third-order valence-corrected chi connectivity index (χ3v) is 2.54. The summed E-state index contributed by atoms with van der Waals surface area (Å²) in [5.41, 5.74) is 4.34. The zero-order valence-corrected chi connectivity index (χ0v) is 13.3. The van der Waals surface area contributed by atoms with E-state index >= 15 is 0 Å². The lowest BCUT2D eigenvalue weighted by atomic mass is 10.1. The first-order valence-corrected chi connectivity index (χ1v) is 7.21. The van der Waals surface area contributed by atoms with Crippen LogP contribution in [0.3, 0.4) is 0 Å². The Morgan fingerprint density at radius 2 is 1.81 bits per heavy atom. The third kappa shape index (κ3) is 10.6. The van der Waals surface area contributed by atoms with E-state index < -0.39 is 29.6 Å². The molecule has 0 aliphatic rings. The van der Waals surface area contributed by atoms with Gasteiger partial charge in [-0.05, 0) is 27.2 Å². The Morgan fingerprint density at radius 3 is 2.29 bits per heavy atom. The molecule has 0 radical (unpaired) electrons. The highest BCUT2D eigenvalue weighted by atomic mass is 16.6. The highest BCUT2D eigenvalue weighted by molar-refractivity contribution is 5.88. The Balaban J connectivity index is 4.53. The normalized spacial score (nSPS) is 12.4. The van der Waals surface area contributed by atoms with Crippen LogP contribution in [0.25, 0.3) is 0 Å². The fourth-order valence-corrected chi connectivity index (χ4v) is 1.61. The lowest BCUT2D eigenvalue weighted by Gasteiger charge is -2.23. The predicted molar refractivity (Wildman–Crippen MR) is 79.5 cm³/mol. The number of alkyl carbamates (subject to hydrolysis) is 1. The summed E-state index contributed by atoms with van der Waals surface area (Å²) in [7, 11) is 0. The molecule has 0 bridgehead atoms. The number of ether oxygens (including phenoxy) is 1. The van der Waals surface area contributed by atoms with E-state index in [0.29, 0.717) is 6.42 Å². The number of hydrogen-bond donors (Lipinski definition) is 3. The number of unbranched alkanes of at least 4 members (excludes halogenated alkanes) is 2. The molecule has 7 heteroatoms. The molecular formula is C14H27N3O4. The summed E-state index contributed by atoms with van der Waals surface area (Å²) < 4.78 is 5.13. The SMILES string of the molecule is CCCCC[C@H](NC(=O)OC(C)(C)C)C(=O)NCC(N)=O. The van der Waals surface area contributed by atoms with Gasteiger partial charge in [0.2, 0.25) is 11.8 Å². The first-order valence-electron chi connectivity index (χ1n) is 7.21. The summed E-state index contributed by atoms with van der Waals surface area (Å²) in [5, 5.41) is 4.92. The van der Waals surface area contributed by atoms with Crippen molar-refractivity contribution in [1.29, 1.82) is 0 Å². The molecule has 1 atom stereocenters. The summed E-state index contributed by atoms with van der Waals surface area (Å²) in [5.74, 6) is -1.07. The highest BCUT2D eigenvalue weighted by Crippen LogP contribution is 2.09. The van der Waals surface area contributed by atoms with E-state index in [1.54, 1.807) is 20.8 Å². The van der Waals surface area contributed by atoms with Crippen molar-refractivity contribution in [2.45, 2.75) is 65.0 Å². The zero-order chi connectivity index (χ0) is 16.5. The Kier molecular flexibility index (Phi) is 8.42. The second-order valence-corrected chi connectivity index (χ2v) is 5.88. The largest absolute Gasteiger partial charge is 0.444 e. The van der Waals surface area contributed by atoms with Crippen molar-refractivity contribution in [3.63, 3.8) is 0 Å². The standard InChI is InChI=1S/C14H27N3O4/c1-5-6-7-8-10(12(19)16-9-11(15)18)17-13(20)21-14(2,3)4/h10H,5-9H2,1-4H3,(H2,15,18)(H,16,19)(H,17,20)/t10-/m0/s1. The van der Waals surface area contributed by atoms with Gasteiger partial charge in [0, 0.05) is 0 Å². The molecule has 0 heterocycles. The van der Waals surface area contributed by atoms with Crippen molar-refractivity contribution in [2.24, 2.45) is 5.73 Å².